The van der Waals surface area contributed by atoms with Crippen LogP contribution in [-0.2, 0) is 25.9 Å². The first-order valence-electron chi connectivity index (χ1n) is 11.2. The molecule has 168 valence electrons. The van der Waals surface area contributed by atoms with Crippen molar-refractivity contribution in [1.29, 1.82) is 0 Å². The molecular weight excluding hydrogens is 419 g/mol. The van der Waals surface area contributed by atoms with E-state index in [4.69, 9.17) is 0 Å². The van der Waals surface area contributed by atoms with Gasteiger partial charge in [0.25, 0.3) is 5.91 Å². The van der Waals surface area contributed by atoms with Crippen molar-refractivity contribution in [1.82, 2.24) is 30.0 Å². The van der Waals surface area contributed by atoms with Gasteiger partial charge in [0.2, 0.25) is 0 Å². The zero-order valence-corrected chi connectivity index (χ0v) is 18.2. The van der Waals surface area contributed by atoms with Crippen molar-refractivity contribution in [2.75, 3.05) is 19.6 Å². The molecule has 33 heavy (non-hydrogen) atoms. The van der Waals surface area contributed by atoms with Crippen molar-refractivity contribution < 1.29 is 9.18 Å². The summed E-state index contributed by atoms with van der Waals surface area (Å²) in [7, 11) is 0. The number of nitrogens with zero attached hydrogens (tertiary/aromatic N) is 5. The van der Waals surface area contributed by atoms with E-state index in [-0.39, 0.29) is 11.7 Å². The van der Waals surface area contributed by atoms with Gasteiger partial charge in [0.05, 0.1) is 5.52 Å². The average molecular weight is 445 g/mol. The summed E-state index contributed by atoms with van der Waals surface area (Å²) in [5, 5.41) is 12.8. The maximum absolute atomic E-state index is 13.0. The predicted molar refractivity (Wildman–Crippen MR) is 123 cm³/mol. The van der Waals surface area contributed by atoms with E-state index in [0.717, 1.165) is 55.2 Å². The van der Waals surface area contributed by atoms with Crippen LogP contribution in [0.5, 0.6) is 0 Å². The highest BCUT2D eigenvalue weighted by atomic mass is 19.1. The van der Waals surface area contributed by atoms with Gasteiger partial charge in [-0.15, -0.1) is 10.2 Å². The van der Waals surface area contributed by atoms with E-state index in [0.29, 0.717) is 18.5 Å². The minimum absolute atomic E-state index is 0.221. The number of pyridine rings is 1. The zero-order chi connectivity index (χ0) is 22.6. The SMILES string of the molecule is O=C(NCCc1nnc2n1CCN(Cc1ccc3cccnc3c1)CC2)c1ccc(F)cc1. The van der Waals surface area contributed by atoms with Crippen molar-refractivity contribution >= 4 is 16.8 Å². The lowest BCUT2D eigenvalue weighted by molar-refractivity contribution is 0.0954. The number of nitrogens with one attached hydrogen (secondary N) is 1. The normalized spacial score (nSPS) is 14.1. The number of rotatable bonds is 6. The Bertz CT molecular complexity index is 1270. The van der Waals surface area contributed by atoms with Gasteiger partial charge in [-0.3, -0.25) is 14.7 Å². The molecule has 0 atom stereocenters. The standard InChI is InChI=1S/C25H25FN6O/c26-21-7-5-20(6-8-21)25(33)28-12-9-23-29-30-24-10-13-31(14-15-32(23)24)17-18-3-4-19-2-1-11-27-22(19)16-18/h1-8,11,16H,9-10,12-15,17H2,(H,28,33). The molecule has 0 saturated heterocycles. The van der Waals surface area contributed by atoms with Crippen LogP contribution in [0.1, 0.15) is 27.6 Å². The third-order valence-electron chi connectivity index (χ3n) is 6.01. The van der Waals surface area contributed by atoms with Gasteiger partial charge >= 0.3 is 0 Å². The van der Waals surface area contributed by atoms with Crippen molar-refractivity contribution in [3.05, 3.63) is 89.4 Å². The van der Waals surface area contributed by atoms with E-state index < -0.39 is 0 Å². The first kappa shape index (κ1) is 21.2. The van der Waals surface area contributed by atoms with Gasteiger partial charge in [0.15, 0.2) is 0 Å². The first-order chi connectivity index (χ1) is 16.2. The molecule has 1 N–H and O–H groups in total. The van der Waals surface area contributed by atoms with Crippen LogP contribution in [-0.4, -0.2) is 50.2 Å². The second-order valence-corrected chi connectivity index (χ2v) is 8.25. The lowest BCUT2D eigenvalue weighted by Crippen LogP contribution is -2.28. The highest BCUT2D eigenvalue weighted by molar-refractivity contribution is 5.94. The molecule has 1 amide bonds. The molecule has 1 aliphatic heterocycles. The third-order valence-corrected chi connectivity index (χ3v) is 6.01. The molecule has 0 saturated carbocycles. The molecule has 0 unspecified atom stereocenters. The lowest BCUT2D eigenvalue weighted by atomic mass is 10.1. The second-order valence-electron chi connectivity index (χ2n) is 8.25. The Morgan fingerprint density at radius 2 is 1.91 bits per heavy atom. The van der Waals surface area contributed by atoms with Crippen LogP contribution in [0.25, 0.3) is 10.9 Å². The minimum Gasteiger partial charge on any atom is -0.352 e. The summed E-state index contributed by atoms with van der Waals surface area (Å²) in [5.41, 5.74) is 2.71. The van der Waals surface area contributed by atoms with Gasteiger partial charge < -0.3 is 9.88 Å². The molecule has 2 aromatic carbocycles. The van der Waals surface area contributed by atoms with Gasteiger partial charge in [-0.25, -0.2) is 4.39 Å². The molecule has 7 nitrogen and oxygen atoms in total. The van der Waals surface area contributed by atoms with Gasteiger partial charge in [-0.1, -0.05) is 18.2 Å². The number of carbonyl (C=O) groups is 1. The largest absolute Gasteiger partial charge is 0.352 e. The summed E-state index contributed by atoms with van der Waals surface area (Å²) >= 11 is 0. The van der Waals surface area contributed by atoms with Gasteiger partial charge in [0.1, 0.15) is 17.5 Å². The van der Waals surface area contributed by atoms with Crippen LogP contribution in [0, 0.1) is 5.82 Å². The van der Waals surface area contributed by atoms with E-state index in [1.807, 2.05) is 12.3 Å². The Kier molecular flexibility index (Phi) is 6.08. The predicted octanol–water partition coefficient (Wildman–Crippen LogP) is 3.00. The third kappa shape index (κ3) is 4.90. The van der Waals surface area contributed by atoms with Crippen LogP contribution >= 0.6 is 0 Å². The highest BCUT2D eigenvalue weighted by Gasteiger charge is 2.19. The summed E-state index contributed by atoms with van der Waals surface area (Å²) in [6, 6.07) is 16.0. The van der Waals surface area contributed by atoms with Crippen LogP contribution in [0.4, 0.5) is 4.39 Å². The van der Waals surface area contributed by atoms with Crippen LogP contribution in [0.15, 0.2) is 60.8 Å². The average Bonchev–Trinajstić information content (AvgIpc) is 3.11. The summed E-state index contributed by atoms with van der Waals surface area (Å²) in [4.78, 5) is 19.1. The fourth-order valence-electron chi connectivity index (χ4n) is 4.23. The molecule has 1 aliphatic rings. The van der Waals surface area contributed by atoms with Crippen molar-refractivity contribution in [3.8, 4) is 0 Å². The van der Waals surface area contributed by atoms with E-state index in [1.54, 1.807) is 0 Å². The van der Waals surface area contributed by atoms with Gasteiger partial charge in [0, 0.05) is 62.7 Å². The van der Waals surface area contributed by atoms with E-state index in [9.17, 15) is 9.18 Å². The monoisotopic (exact) mass is 444 g/mol. The maximum atomic E-state index is 13.0. The number of benzene rings is 2. The zero-order valence-electron chi connectivity index (χ0n) is 18.2. The van der Waals surface area contributed by atoms with Gasteiger partial charge in [-0.2, -0.15) is 0 Å². The van der Waals surface area contributed by atoms with Crippen LogP contribution in [0.2, 0.25) is 0 Å². The summed E-state index contributed by atoms with van der Waals surface area (Å²) in [6.07, 6.45) is 3.25. The summed E-state index contributed by atoms with van der Waals surface area (Å²) < 4.78 is 15.2. The number of hydrogen-bond acceptors (Lipinski definition) is 5. The van der Waals surface area contributed by atoms with Crippen LogP contribution in [0.3, 0.4) is 0 Å². The van der Waals surface area contributed by atoms with Gasteiger partial charge in [-0.05, 0) is 42.0 Å². The fourth-order valence-corrected chi connectivity index (χ4v) is 4.23. The number of hydrogen-bond donors (Lipinski definition) is 1. The minimum atomic E-state index is -0.357. The maximum Gasteiger partial charge on any atom is 0.251 e. The highest BCUT2D eigenvalue weighted by Crippen LogP contribution is 2.17. The second kappa shape index (κ2) is 9.46. The topological polar surface area (TPSA) is 75.9 Å². The van der Waals surface area contributed by atoms with E-state index in [1.165, 1.54) is 29.8 Å². The molecule has 0 aliphatic carbocycles. The molecule has 0 bridgehead atoms. The van der Waals surface area contributed by atoms with Crippen LogP contribution < -0.4 is 5.32 Å². The molecule has 0 fully saturated rings. The number of aromatic nitrogens is 4. The molecule has 8 heteroatoms. The van der Waals surface area contributed by atoms with E-state index in [2.05, 4.69) is 54.2 Å². The fraction of sp³-hybridized carbons (Fsp3) is 0.280. The molecule has 2 aromatic heterocycles. The van der Waals surface area contributed by atoms with Crippen molar-refractivity contribution in [2.45, 2.75) is 25.9 Å². The Balaban J connectivity index is 1.17. The molecule has 5 rings (SSSR count). The Hall–Kier alpha value is -3.65. The Labute approximate surface area is 191 Å². The Morgan fingerprint density at radius 3 is 2.79 bits per heavy atom. The molecule has 3 heterocycles. The quantitative estimate of drug-likeness (QED) is 0.495. The smallest absolute Gasteiger partial charge is 0.251 e. The molecule has 0 spiro atoms. The number of amides is 1. The Morgan fingerprint density at radius 1 is 1.03 bits per heavy atom. The van der Waals surface area contributed by atoms with Crippen molar-refractivity contribution in [3.63, 3.8) is 0 Å². The number of halogens is 1. The molecular formula is C25H25FN6O. The van der Waals surface area contributed by atoms with E-state index >= 15 is 0 Å². The molecule has 0 radical (unpaired) electrons. The number of fused-ring (bicyclic) bond motifs is 2. The van der Waals surface area contributed by atoms with Crippen molar-refractivity contribution in [2.24, 2.45) is 0 Å². The molecule has 4 aromatic rings. The lowest BCUT2D eigenvalue weighted by Gasteiger charge is -2.20. The summed E-state index contributed by atoms with van der Waals surface area (Å²) in [6.45, 7) is 3.95. The first-order valence-corrected chi connectivity index (χ1v) is 11.2. The number of carbonyl (C=O) groups excluding carboxylic acids is 1. The summed E-state index contributed by atoms with van der Waals surface area (Å²) in [5.74, 6) is 1.28.